The zero-order chi connectivity index (χ0) is 21.2. The van der Waals surface area contributed by atoms with E-state index in [0.717, 1.165) is 82.7 Å². The van der Waals surface area contributed by atoms with Crippen LogP contribution in [0.1, 0.15) is 36.8 Å². The lowest BCUT2D eigenvalue weighted by Gasteiger charge is -2.43. The Bertz CT molecular complexity index is 763. The van der Waals surface area contributed by atoms with Crippen LogP contribution < -0.4 is 5.32 Å². The summed E-state index contributed by atoms with van der Waals surface area (Å²) >= 11 is 0. The average molecular weight is 552 g/mol. The monoisotopic (exact) mass is 552 g/mol. The van der Waals surface area contributed by atoms with E-state index < -0.39 is 11.7 Å². The number of alkyl halides is 3. The van der Waals surface area contributed by atoms with Gasteiger partial charge in [-0.3, -0.25) is 9.89 Å². The Morgan fingerprint density at radius 2 is 1.97 bits per heavy atom. The molecule has 3 aliphatic rings. The minimum Gasteiger partial charge on any atom is -0.379 e. The van der Waals surface area contributed by atoms with Gasteiger partial charge in [-0.2, -0.15) is 13.2 Å². The van der Waals surface area contributed by atoms with Crippen molar-refractivity contribution in [1.29, 1.82) is 0 Å². The van der Waals surface area contributed by atoms with Gasteiger partial charge in [0.25, 0.3) is 0 Å². The fourth-order valence-electron chi connectivity index (χ4n) is 4.95. The molecule has 2 heterocycles. The SMILES string of the molecule is CN=C(NCC1(c2cccc(C(F)(F)F)c2)CCC1)N1CCC(N2CCOCC2)C1.I. The fraction of sp³-hybridized carbons (Fsp3) is 0.682. The zero-order valence-corrected chi connectivity index (χ0v) is 20.3. The lowest BCUT2D eigenvalue weighted by Crippen LogP contribution is -2.50. The molecule has 1 aromatic carbocycles. The molecule has 9 heteroatoms. The van der Waals surface area contributed by atoms with E-state index in [1.165, 1.54) is 12.1 Å². The topological polar surface area (TPSA) is 40.1 Å². The van der Waals surface area contributed by atoms with Gasteiger partial charge in [-0.15, -0.1) is 24.0 Å². The molecule has 5 nitrogen and oxygen atoms in total. The molecule has 1 aromatic rings. The molecule has 1 atom stereocenters. The van der Waals surface area contributed by atoms with Gasteiger partial charge in [0.2, 0.25) is 0 Å². The Balaban J connectivity index is 0.00000272. The normalized spacial score (nSPS) is 24.5. The fourth-order valence-corrected chi connectivity index (χ4v) is 4.95. The van der Waals surface area contributed by atoms with Gasteiger partial charge in [0.15, 0.2) is 5.96 Å². The second-order valence-corrected chi connectivity index (χ2v) is 8.65. The Morgan fingerprint density at radius 3 is 2.58 bits per heavy atom. The lowest BCUT2D eigenvalue weighted by molar-refractivity contribution is -0.137. The maximum absolute atomic E-state index is 13.2. The molecule has 4 rings (SSSR count). The molecular weight excluding hydrogens is 520 g/mol. The van der Waals surface area contributed by atoms with Crippen molar-refractivity contribution in [2.45, 2.75) is 43.3 Å². The number of halogens is 4. The number of guanidine groups is 1. The largest absolute Gasteiger partial charge is 0.416 e. The maximum Gasteiger partial charge on any atom is 0.416 e. The molecule has 0 aromatic heterocycles. The number of rotatable bonds is 4. The summed E-state index contributed by atoms with van der Waals surface area (Å²) in [6.07, 6.45) is -0.378. The number of morpholine rings is 1. The molecule has 1 unspecified atom stereocenters. The standard InChI is InChI=1S/C22H31F3N4O.HI/c1-26-20(29-9-6-19(15-29)28-10-12-30-13-11-28)27-16-21(7-3-8-21)17-4-2-5-18(14-17)22(23,24)25;/h2,4-5,14,19H,3,6-13,15-16H2,1H3,(H,26,27);1H. The highest BCUT2D eigenvalue weighted by atomic mass is 127. The van der Waals surface area contributed by atoms with E-state index in [1.807, 2.05) is 6.07 Å². The van der Waals surface area contributed by atoms with Gasteiger partial charge in [0.05, 0.1) is 18.8 Å². The van der Waals surface area contributed by atoms with Crippen molar-refractivity contribution in [2.75, 3.05) is 53.0 Å². The van der Waals surface area contributed by atoms with Crippen LogP contribution in [0.5, 0.6) is 0 Å². The van der Waals surface area contributed by atoms with E-state index in [1.54, 1.807) is 7.05 Å². The number of likely N-dealkylation sites (tertiary alicyclic amines) is 1. The van der Waals surface area contributed by atoms with E-state index in [-0.39, 0.29) is 29.4 Å². The predicted molar refractivity (Wildman–Crippen MR) is 126 cm³/mol. The van der Waals surface area contributed by atoms with Crippen LogP contribution in [0.25, 0.3) is 0 Å². The zero-order valence-electron chi connectivity index (χ0n) is 18.0. The third kappa shape index (κ3) is 5.47. The van der Waals surface area contributed by atoms with E-state index >= 15 is 0 Å². The number of aliphatic imine (C=N–C) groups is 1. The van der Waals surface area contributed by atoms with Gasteiger partial charge in [-0.1, -0.05) is 24.6 Å². The van der Waals surface area contributed by atoms with Crippen LogP contribution in [0.15, 0.2) is 29.3 Å². The number of hydrogen-bond acceptors (Lipinski definition) is 3. The first-order chi connectivity index (χ1) is 14.4. The summed E-state index contributed by atoms with van der Waals surface area (Å²) in [4.78, 5) is 9.24. The summed E-state index contributed by atoms with van der Waals surface area (Å²) in [6.45, 7) is 6.02. The van der Waals surface area contributed by atoms with Crippen LogP contribution in [0.3, 0.4) is 0 Å². The van der Waals surface area contributed by atoms with Crippen molar-refractivity contribution >= 4 is 29.9 Å². The molecule has 31 heavy (non-hydrogen) atoms. The first-order valence-electron chi connectivity index (χ1n) is 10.9. The van der Waals surface area contributed by atoms with Crippen molar-refractivity contribution in [3.8, 4) is 0 Å². The van der Waals surface area contributed by atoms with Gasteiger partial charge < -0.3 is 15.0 Å². The predicted octanol–water partition coefficient (Wildman–Crippen LogP) is 3.73. The Morgan fingerprint density at radius 1 is 1.23 bits per heavy atom. The van der Waals surface area contributed by atoms with Crippen molar-refractivity contribution in [3.63, 3.8) is 0 Å². The van der Waals surface area contributed by atoms with Crippen LogP contribution in [0, 0.1) is 0 Å². The third-order valence-corrected chi connectivity index (χ3v) is 6.93. The first kappa shape index (κ1) is 24.6. The maximum atomic E-state index is 13.2. The summed E-state index contributed by atoms with van der Waals surface area (Å²) in [7, 11) is 1.78. The molecule has 2 saturated heterocycles. The third-order valence-electron chi connectivity index (χ3n) is 6.93. The molecular formula is C22H32F3IN4O. The van der Waals surface area contributed by atoms with Crippen molar-refractivity contribution in [1.82, 2.24) is 15.1 Å². The highest BCUT2D eigenvalue weighted by Crippen LogP contribution is 2.44. The van der Waals surface area contributed by atoms with Crippen LogP contribution in [-0.2, 0) is 16.3 Å². The minimum atomic E-state index is -4.31. The summed E-state index contributed by atoms with van der Waals surface area (Å²) < 4.78 is 45.0. The van der Waals surface area contributed by atoms with Crippen LogP contribution in [0.4, 0.5) is 13.2 Å². The van der Waals surface area contributed by atoms with Crippen molar-refractivity contribution in [3.05, 3.63) is 35.4 Å². The van der Waals surface area contributed by atoms with Crippen LogP contribution in [0.2, 0.25) is 0 Å². The second-order valence-electron chi connectivity index (χ2n) is 8.65. The highest BCUT2D eigenvalue weighted by molar-refractivity contribution is 14.0. The smallest absolute Gasteiger partial charge is 0.379 e. The van der Waals surface area contributed by atoms with Crippen LogP contribution in [-0.4, -0.2) is 74.8 Å². The number of benzene rings is 1. The van der Waals surface area contributed by atoms with Crippen LogP contribution >= 0.6 is 24.0 Å². The van der Waals surface area contributed by atoms with Gasteiger partial charge in [-0.05, 0) is 30.9 Å². The Kier molecular flexibility index (Phi) is 8.12. The first-order valence-corrected chi connectivity index (χ1v) is 10.9. The van der Waals surface area contributed by atoms with Gasteiger partial charge in [0.1, 0.15) is 0 Å². The molecule has 1 aliphatic carbocycles. The summed E-state index contributed by atoms with van der Waals surface area (Å²) in [5, 5.41) is 3.49. The number of hydrogen-bond donors (Lipinski definition) is 1. The Labute approximate surface area is 199 Å². The molecule has 0 spiro atoms. The van der Waals surface area contributed by atoms with Crippen molar-refractivity contribution in [2.24, 2.45) is 4.99 Å². The Hall–Kier alpha value is -1.07. The van der Waals surface area contributed by atoms with Gasteiger partial charge in [0, 0.05) is 51.2 Å². The molecule has 3 fully saturated rings. The molecule has 0 amide bonds. The summed E-state index contributed by atoms with van der Waals surface area (Å²) in [6, 6.07) is 6.35. The number of nitrogens with zero attached hydrogens (tertiary/aromatic N) is 3. The molecule has 2 aliphatic heterocycles. The van der Waals surface area contributed by atoms with Gasteiger partial charge in [-0.25, -0.2) is 0 Å². The molecule has 1 N–H and O–H groups in total. The van der Waals surface area contributed by atoms with E-state index in [4.69, 9.17) is 4.74 Å². The minimum absolute atomic E-state index is 0. The van der Waals surface area contributed by atoms with E-state index in [9.17, 15) is 13.2 Å². The number of nitrogens with one attached hydrogen (secondary N) is 1. The molecule has 0 radical (unpaired) electrons. The lowest BCUT2D eigenvalue weighted by atomic mass is 9.64. The molecule has 0 bridgehead atoms. The van der Waals surface area contributed by atoms with Crippen molar-refractivity contribution < 1.29 is 17.9 Å². The second kappa shape index (κ2) is 10.2. The number of ether oxygens (including phenoxy) is 1. The van der Waals surface area contributed by atoms with E-state index in [2.05, 4.69) is 20.1 Å². The average Bonchev–Trinajstić information content (AvgIpc) is 3.20. The van der Waals surface area contributed by atoms with Gasteiger partial charge >= 0.3 is 6.18 Å². The summed E-state index contributed by atoms with van der Waals surface area (Å²) in [5.74, 6) is 0.851. The van der Waals surface area contributed by atoms with E-state index in [0.29, 0.717) is 12.6 Å². The quantitative estimate of drug-likeness (QED) is 0.351. The highest BCUT2D eigenvalue weighted by Gasteiger charge is 2.41. The molecule has 1 saturated carbocycles. The molecule has 174 valence electrons. The summed E-state index contributed by atoms with van der Waals surface area (Å²) in [5.41, 5.74) is -0.0386.